The third kappa shape index (κ3) is 9.83. The van der Waals surface area contributed by atoms with Crippen LogP contribution < -0.4 is 9.47 Å². The monoisotopic (exact) mass is 962 g/mol. The Labute approximate surface area is 411 Å². The zero-order valence-corrected chi connectivity index (χ0v) is 39.3. The number of carbonyl (C=O) groups is 4. The minimum absolute atomic E-state index is 0.0215. The molecule has 8 nitrogen and oxygen atoms in total. The Kier molecular flexibility index (Phi) is 13.5. The second-order valence-electron chi connectivity index (χ2n) is 16.5. The summed E-state index contributed by atoms with van der Waals surface area (Å²) in [6.07, 6.45) is 1.67. The van der Waals surface area contributed by atoms with Gasteiger partial charge >= 0.3 is 0 Å². The summed E-state index contributed by atoms with van der Waals surface area (Å²) in [6.45, 7) is 0.0430. The van der Waals surface area contributed by atoms with Gasteiger partial charge in [-0.15, -0.1) is 23.5 Å². The highest BCUT2D eigenvalue weighted by molar-refractivity contribution is 8.00. The number of ether oxygens (including phenoxy) is 2. The number of benzene rings is 8. The summed E-state index contributed by atoms with van der Waals surface area (Å²) in [5.41, 5.74) is 3.02. The first-order valence-corrected chi connectivity index (χ1v) is 25.1. The highest BCUT2D eigenvalue weighted by atomic mass is 32.2. The van der Waals surface area contributed by atoms with Gasteiger partial charge in [0, 0.05) is 64.5 Å². The summed E-state index contributed by atoms with van der Waals surface area (Å²) in [4.78, 5) is 57.1. The molecule has 0 saturated heterocycles. The number of carbonyl (C=O) groups excluding carboxylic acids is 4. The summed E-state index contributed by atoms with van der Waals surface area (Å²) >= 11 is 4.68. The Balaban J connectivity index is 0.706. The molecule has 0 spiro atoms. The van der Waals surface area contributed by atoms with Crippen molar-refractivity contribution in [2.24, 2.45) is 0 Å². The molecule has 0 fully saturated rings. The van der Waals surface area contributed by atoms with Crippen molar-refractivity contribution in [1.82, 2.24) is 0 Å². The van der Waals surface area contributed by atoms with Crippen LogP contribution in [0.4, 0.5) is 0 Å². The van der Waals surface area contributed by atoms with E-state index in [4.69, 9.17) is 9.47 Å². The lowest BCUT2D eigenvalue weighted by Crippen LogP contribution is -2.20. The average molecular weight is 963 g/mol. The van der Waals surface area contributed by atoms with E-state index in [1.807, 2.05) is 121 Å². The van der Waals surface area contributed by atoms with Gasteiger partial charge in [-0.25, -0.2) is 0 Å². The fourth-order valence-corrected chi connectivity index (χ4v) is 10.8. The van der Waals surface area contributed by atoms with Crippen molar-refractivity contribution in [1.29, 1.82) is 0 Å². The van der Waals surface area contributed by atoms with Gasteiger partial charge in [0.1, 0.15) is 24.7 Å². The third-order valence-corrected chi connectivity index (χ3v) is 15.2. The number of aliphatic hydroxyl groups is 2. The summed E-state index contributed by atoms with van der Waals surface area (Å²) in [5, 5.41) is 25.5. The lowest BCUT2D eigenvalue weighted by atomic mass is 9.99. The van der Waals surface area contributed by atoms with Gasteiger partial charge in [0.15, 0.2) is 23.1 Å². The maximum absolute atomic E-state index is 13.3. The quantitative estimate of drug-likeness (QED) is 0.0546. The summed E-state index contributed by atoms with van der Waals surface area (Å²) in [6, 6.07) is 52.9. The van der Waals surface area contributed by atoms with E-state index in [2.05, 4.69) is 0 Å². The molecule has 0 aliphatic heterocycles. The lowest BCUT2D eigenvalue weighted by Gasteiger charge is -2.16. The second kappa shape index (κ2) is 20.3. The zero-order valence-electron chi connectivity index (χ0n) is 36.9. The number of allylic oxidation sites excluding steroid dienone is 2. The molecule has 2 atom stereocenters. The minimum atomic E-state index is -0.790. The number of fused-ring (bicyclic) bond motifs is 4. The van der Waals surface area contributed by atoms with Gasteiger partial charge in [0.05, 0.1) is 23.4 Å². The summed E-state index contributed by atoms with van der Waals surface area (Å²) in [7, 11) is 0. The Hall–Kier alpha value is -6.99. The van der Waals surface area contributed by atoms with Crippen molar-refractivity contribution in [2.75, 3.05) is 24.7 Å². The Morgan fingerprint density at radius 1 is 0.406 bits per heavy atom. The largest absolute Gasteiger partial charge is 0.490 e. The van der Waals surface area contributed by atoms with Gasteiger partial charge in [-0.3, -0.25) is 19.2 Å². The number of Topliss-reactive ketones (excluding diaryl/α,β-unsaturated/α-hetero) is 4. The number of ketones is 4. The Bertz CT molecular complexity index is 3080. The molecule has 69 heavy (non-hydrogen) atoms. The molecule has 340 valence electrons. The molecule has 11 heteroatoms. The summed E-state index contributed by atoms with van der Waals surface area (Å²) < 4.78 is 12.4. The molecule has 0 heterocycles. The van der Waals surface area contributed by atoms with Gasteiger partial charge in [-0.05, 0) is 94.4 Å². The smallest absolute Gasteiger partial charge is 0.197 e. The van der Waals surface area contributed by atoms with Crippen LogP contribution in [0.15, 0.2) is 201 Å². The lowest BCUT2D eigenvalue weighted by molar-refractivity contribution is 0.0975. The predicted octanol–water partition coefficient (Wildman–Crippen LogP) is 12.1. The molecule has 2 aliphatic carbocycles. The second-order valence-corrected chi connectivity index (χ2v) is 19.9. The van der Waals surface area contributed by atoms with Crippen LogP contribution in [0.5, 0.6) is 11.5 Å². The van der Waals surface area contributed by atoms with Crippen LogP contribution in [0.25, 0.3) is 33.7 Å². The maximum atomic E-state index is 13.3. The molecule has 0 aromatic heterocycles. The van der Waals surface area contributed by atoms with Crippen LogP contribution in [0.1, 0.15) is 52.6 Å². The van der Waals surface area contributed by atoms with E-state index in [1.54, 1.807) is 72.4 Å². The Morgan fingerprint density at radius 3 is 1.12 bits per heavy atom. The average Bonchev–Trinajstić information content (AvgIpc) is 3.77. The number of hydrogen-bond donors (Lipinski definition) is 2. The fourth-order valence-electron chi connectivity index (χ4n) is 8.39. The van der Waals surface area contributed by atoms with Crippen molar-refractivity contribution in [3.63, 3.8) is 0 Å². The number of rotatable bonds is 16. The molecular formula is C58H42O8S3. The molecule has 0 radical (unpaired) electrons. The van der Waals surface area contributed by atoms with E-state index in [9.17, 15) is 29.4 Å². The van der Waals surface area contributed by atoms with Crippen LogP contribution in [0.2, 0.25) is 0 Å². The molecule has 8 aromatic carbocycles. The van der Waals surface area contributed by atoms with Crippen molar-refractivity contribution in [2.45, 2.75) is 31.8 Å². The van der Waals surface area contributed by atoms with Crippen LogP contribution in [0, 0.1) is 0 Å². The van der Waals surface area contributed by atoms with E-state index in [-0.39, 0.29) is 47.5 Å². The maximum Gasteiger partial charge on any atom is 0.197 e. The van der Waals surface area contributed by atoms with E-state index >= 15 is 0 Å². The first-order valence-electron chi connectivity index (χ1n) is 22.3. The van der Waals surface area contributed by atoms with Crippen LogP contribution >= 0.6 is 35.3 Å². The van der Waals surface area contributed by atoms with Crippen molar-refractivity contribution in [3.8, 4) is 11.5 Å². The van der Waals surface area contributed by atoms with E-state index in [0.717, 1.165) is 41.1 Å². The van der Waals surface area contributed by atoms with Gasteiger partial charge in [0.25, 0.3) is 0 Å². The normalized spacial score (nSPS) is 14.0. The number of hydrogen-bond acceptors (Lipinski definition) is 11. The standard InChI is InChI=1S/C58H42O8S3/c59-37(31-65-53-27-17-35-9-1-3-11-43(35)49(53)29-51-55(61)45-13-5-6-14-46(45)56(51)62)33-67-39-19-23-41(24-20-39)69-42-25-21-40(22-26-42)68-34-38(60)32-66-54-28-18-36-10-2-4-12-44(36)50(54)30-52-57(63)47-15-7-8-16-48(47)58(52)64/h1-30,37-38,59-60H,31-34H2. The number of aliphatic hydroxyl groups excluding tert-OH is 2. The molecule has 2 unspecified atom stereocenters. The van der Waals surface area contributed by atoms with Gasteiger partial charge in [-0.2, -0.15) is 0 Å². The summed E-state index contributed by atoms with van der Waals surface area (Å²) in [5.74, 6) is 0.508. The zero-order chi connectivity index (χ0) is 47.4. The van der Waals surface area contributed by atoms with Crippen LogP contribution in [-0.2, 0) is 0 Å². The van der Waals surface area contributed by atoms with E-state index in [1.165, 1.54) is 23.5 Å². The Morgan fingerprint density at radius 2 is 0.739 bits per heavy atom. The molecule has 8 aromatic rings. The SMILES string of the molecule is O=C1C(=Cc2c(OCC(O)CSc3ccc(Sc4ccc(SCC(O)COc5ccc6ccccc6c5C=C5C(=O)c6ccccc6C5=O)cc4)cc3)ccc3ccccc23)C(=O)c2ccccc21. The van der Waals surface area contributed by atoms with E-state index < -0.39 is 12.2 Å². The predicted molar refractivity (Wildman–Crippen MR) is 276 cm³/mol. The molecule has 0 amide bonds. The highest BCUT2D eigenvalue weighted by Gasteiger charge is 2.34. The molecule has 10 rings (SSSR count). The molecule has 0 saturated carbocycles. The topological polar surface area (TPSA) is 127 Å². The minimum Gasteiger partial charge on any atom is -0.490 e. The van der Waals surface area contributed by atoms with E-state index in [0.29, 0.717) is 56.4 Å². The third-order valence-electron chi connectivity index (χ3n) is 11.9. The molecule has 0 bridgehead atoms. The fraction of sp³-hybridized carbons (Fsp3) is 0.103. The van der Waals surface area contributed by atoms with Gasteiger partial charge < -0.3 is 19.7 Å². The van der Waals surface area contributed by atoms with Crippen LogP contribution in [0.3, 0.4) is 0 Å². The van der Waals surface area contributed by atoms with Gasteiger partial charge in [-0.1, -0.05) is 121 Å². The first kappa shape index (κ1) is 45.8. The van der Waals surface area contributed by atoms with Crippen molar-refractivity contribution >= 4 is 92.1 Å². The van der Waals surface area contributed by atoms with Crippen LogP contribution in [-0.4, -0.2) is 70.3 Å². The molecule has 2 N–H and O–H groups in total. The van der Waals surface area contributed by atoms with Gasteiger partial charge in [0.2, 0.25) is 0 Å². The van der Waals surface area contributed by atoms with Crippen molar-refractivity contribution in [3.05, 3.63) is 214 Å². The molecule has 2 aliphatic rings. The highest BCUT2D eigenvalue weighted by Crippen LogP contribution is 2.37. The first-order chi connectivity index (χ1) is 33.7. The van der Waals surface area contributed by atoms with Crippen molar-refractivity contribution < 1.29 is 38.9 Å². The number of thioether (sulfide) groups is 2. The molecular weight excluding hydrogens is 921 g/mol.